The van der Waals surface area contributed by atoms with E-state index in [1.165, 1.54) is 12.0 Å². The van der Waals surface area contributed by atoms with Gasteiger partial charge < -0.3 is 9.64 Å². The molecule has 0 radical (unpaired) electrons. The summed E-state index contributed by atoms with van der Waals surface area (Å²) < 4.78 is 6.94. The van der Waals surface area contributed by atoms with Crippen LogP contribution >= 0.6 is 27.5 Å². The summed E-state index contributed by atoms with van der Waals surface area (Å²) in [6.07, 6.45) is 5.51. The number of benzene rings is 1. The molecule has 0 aromatic heterocycles. The van der Waals surface area contributed by atoms with Gasteiger partial charge in [-0.1, -0.05) is 23.7 Å². The van der Waals surface area contributed by atoms with Crippen LogP contribution in [0.25, 0.3) is 5.03 Å². The van der Waals surface area contributed by atoms with Crippen molar-refractivity contribution in [2.45, 2.75) is 39.3 Å². The standard InChI is InChI=1S/C16H21BrClNO/c1-4-12(18)15-13(9-8-11(2)16(15)17)19(3)14-7-5-6-10-20-14/h4,8-9,14H,5-7,10H2,1-3H3/b12-4+. The first-order chi connectivity index (χ1) is 9.56. The Morgan fingerprint density at radius 3 is 2.80 bits per heavy atom. The highest BCUT2D eigenvalue weighted by atomic mass is 79.9. The number of hydrogen-bond acceptors (Lipinski definition) is 2. The van der Waals surface area contributed by atoms with Crippen LogP contribution in [0.15, 0.2) is 22.7 Å². The van der Waals surface area contributed by atoms with E-state index < -0.39 is 0 Å². The third-order valence-electron chi connectivity index (χ3n) is 3.77. The number of halogens is 2. The lowest BCUT2D eigenvalue weighted by Crippen LogP contribution is -2.37. The van der Waals surface area contributed by atoms with Crippen LogP contribution in [0, 0.1) is 6.92 Å². The maximum atomic E-state index is 6.42. The average Bonchev–Trinajstić information content (AvgIpc) is 2.49. The Kier molecular flexibility index (Phi) is 5.53. The van der Waals surface area contributed by atoms with Crippen LogP contribution in [0.1, 0.15) is 37.3 Å². The van der Waals surface area contributed by atoms with Crippen LogP contribution < -0.4 is 4.90 Å². The van der Waals surface area contributed by atoms with Crippen molar-refractivity contribution in [3.8, 4) is 0 Å². The van der Waals surface area contributed by atoms with Crippen molar-refractivity contribution in [2.24, 2.45) is 0 Å². The molecule has 1 aromatic rings. The molecule has 110 valence electrons. The van der Waals surface area contributed by atoms with Gasteiger partial charge in [0.25, 0.3) is 0 Å². The van der Waals surface area contributed by atoms with Gasteiger partial charge >= 0.3 is 0 Å². The van der Waals surface area contributed by atoms with E-state index in [0.717, 1.165) is 40.2 Å². The number of anilines is 1. The third-order valence-corrected chi connectivity index (χ3v) is 5.20. The van der Waals surface area contributed by atoms with Gasteiger partial charge in [-0.15, -0.1) is 0 Å². The molecule has 0 amide bonds. The maximum absolute atomic E-state index is 6.42. The first-order valence-electron chi connectivity index (χ1n) is 7.02. The van der Waals surface area contributed by atoms with E-state index in [4.69, 9.17) is 16.3 Å². The number of rotatable bonds is 3. The summed E-state index contributed by atoms with van der Waals surface area (Å²) in [6, 6.07) is 4.24. The zero-order chi connectivity index (χ0) is 14.7. The summed E-state index contributed by atoms with van der Waals surface area (Å²) in [5.41, 5.74) is 3.34. The second-order valence-corrected chi connectivity index (χ2v) is 6.36. The van der Waals surface area contributed by atoms with E-state index in [1.807, 2.05) is 13.0 Å². The monoisotopic (exact) mass is 357 g/mol. The summed E-state index contributed by atoms with van der Waals surface area (Å²) in [7, 11) is 2.08. The number of hydrogen-bond donors (Lipinski definition) is 0. The fourth-order valence-electron chi connectivity index (χ4n) is 2.52. The largest absolute Gasteiger partial charge is 0.358 e. The molecular formula is C16H21BrClNO. The minimum Gasteiger partial charge on any atom is -0.358 e. The quantitative estimate of drug-likeness (QED) is 0.725. The van der Waals surface area contributed by atoms with Crippen LogP contribution in [-0.4, -0.2) is 19.9 Å². The van der Waals surface area contributed by atoms with Crippen LogP contribution in [0.4, 0.5) is 5.69 Å². The van der Waals surface area contributed by atoms with E-state index in [2.05, 4.69) is 46.9 Å². The average molecular weight is 359 g/mol. The molecule has 2 nitrogen and oxygen atoms in total. The van der Waals surface area contributed by atoms with Crippen LogP contribution in [0.3, 0.4) is 0 Å². The molecule has 0 bridgehead atoms. The van der Waals surface area contributed by atoms with Crippen LogP contribution in [0.2, 0.25) is 0 Å². The summed E-state index contributed by atoms with van der Waals surface area (Å²) in [6.45, 7) is 4.88. The van der Waals surface area contributed by atoms with Gasteiger partial charge in [0.1, 0.15) is 6.23 Å². The Morgan fingerprint density at radius 2 is 2.20 bits per heavy atom. The van der Waals surface area contributed by atoms with E-state index in [9.17, 15) is 0 Å². The molecule has 2 rings (SSSR count). The van der Waals surface area contributed by atoms with Crippen LogP contribution in [-0.2, 0) is 4.74 Å². The van der Waals surface area contributed by atoms with E-state index >= 15 is 0 Å². The number of aryl methyl sites for hydroxylation is 1. The highest BCUT2D eigenvalue weighted by Crippen LogP contribution is 2.38. The molecule has 1 saturated heterocycles. The minimum atomic E-state index is 0.137. The smallest absolute Gasteiger partial charge is 0.129 e. The second kappa shape index (κ2) is 6.97. The molecule has 1 aliphatic heterocycles. The highest BCUT2D eigenvalue weighted by molar-refractivity contribution is 9.10. The fourth-order valence-corrected chi connectivity index (χ4v) is 3.37. The van der Waals surface area contributed by atoms with E-state index in [0.29, 0.717) is 0 Å². The Balaban J connectivity index is 2.42. The predicted octanol–water partition coefficient (Wildman–Crippen LogP) is 5.32. The maximum Gasteiger partial charge on any atom is 0.129 e. The number of allylic oxidation sites excluding steroid dienone is 1. The van der Waals surface area contributed by atoms with Crippen molar-refractivity contribution >= 4 is 38.3 Å². The number of nitrogens with zero attached hydrogens (tertiary/aromatic N) is 1. The minimum absolute atomic E-state index is 0.137. The lowest BCUT2D eigenvalue weighted by atomic mass is 10.1. The molecular weight excluding hydrogens is 338 g/mol. The van der Waals surface area contributed by atoms with Crippen molar-refractivity contribution in [1.82, 2.24) is 0 Å². The molecule has 4 heteroatoms. The normalized spacial score (nSPS) is 20.1. The van der Waals surface area contributed by atoms with Gasteiger partial charge in [-0.2, -0.15) is 0 Å². The second-order valence-electron chi connectivity index (χ2n) is 5.16. The van der Waals surface area contributed by atoms with Gasteiger partial charge in [-0.3, -0.25) is 0 Å². The van der Waals surface area contributed by atoms with Gasteiger partial charge in [0.05, 0.1) is 0 Å². The molecule has 1 fully saturated rings. The lowest BCUT2D eigenvalue weighted by molar-refractivity contribution is 0.0174. The lowest BCUT2D eigenvalue weighted by Gasteiger charge is -2.34. The molecule has 0 aliphatic carbocycles. The number of ether oxygens (including phenoxy) is 1. The Bertz CT molecular complexity index is 509. The highest BCUT2D eigenvalue weighted by Gasteiger charge is 2.23. The van der Waals surface area contributed by atoms with Crippen LogP contribution in [0.5, 0.6) is 0 Å². The van der Waals surface area contributed by atoms with Crippen molar-refractivity contribution < 1.29 is 4.74 Å². The molecule has 1 aliphatic rings. The first-order valence-corrected chi connectivity index (χ1v) is 8.19. The predicted molar refractivity (Wildman–Crippen MR) is 90.4 cm³/mol. The third kappa shape index (κ3) is 3.21. The fraction of sp³-hybridized carbons (Fsp3) is 0.500. The van der Waals surface area contributed by atoms with Gasteiger partial charge in [-0.05, 0) is 60.7 Å². The van der Waals surface area contributed by atoms with Gasteiger partial charge in [0.2, 0.25) is 0 Å². The van der Waals surface area contributed by atoms with Crippen molar-refractivity contribution in [3.05, 3.63) is 33.8 Å². The molecule has 20 heavy (non-hydrogen) atoms. The van der Waals surface area contributed by atoms with Crippen molar-refractivity contribution in [1.29, 1.82) is 0 Å². The zero-order valence-electron chi connectivity index (χ0n) is 12.2. The SMILES string of the molecule is C/C=C(/Cl)c1c(N(C)C2CCCCO2)ccc(C)c1Br. The molecule has 1 unspecified atom stereocenters. The van der Waals surface area contributed by atoms with Crippen molar-refractivity contribution in [3.63, 3.8) is 0 Å². The zero-order valence-corrected chi connectivity index (χ0v) is 14.6. The summed E-state index contributed by atoms with van der Waals surface area (Å²) in [5.74, 6) is 0. The molecule has 1 atom stereocenters. The summed E-state index contributed by atoms with van der Waals surface area (Å²) >= 11 is 10.1. The van der Waals surface area contributed by atoms with Gasteiger partial charge in [0, 0.05) is 34.4 Å². The Hall–Kier alpha value is -0.510. The molecule has 0 spiro atoms. The molecule has 0 saturated carbocycles. The Labute approximate surface area is 134 Å². The van der Waals surface area contributed by atoms with Gasteiger partial charge in [-0.25, -0.2) is 0 Å². The summed E-state index contributed by atoms with van der Waals surface area (Å²) in [4.78, 5) is 2.20. The molecule has 0 N–H and O–H groups in total. The molecule has 1 heterocycles. The van der Waals surface area contributed by atoms with Gasteiger partial charge in [0.15, 0.2) is 0 Å². The van der Waals surface area contributed by atoms with E-state index in [-0.39, 0.29) is 6.23 Å². The summed E-state index contributed by atoms with van der Waals surface area (Å²) in [5, 5.41) is 0.762. The first kappa shape index (κ1) is 15.9. The van der Waals surface area contributed by atoms with E-state index in [1.54, 1.807) is 0 Å². The van der Waals surface area contributed by atoms with Crippen molar-refractivity contribution in [2.75, 3.05) is 18.6 Å². The Morgan fingerprint density at radius 1 is 1.45 bits per heavy atom. The molecule has 1 aromatic carbocycles. The topological polar surface area (TPSA) is 12.5 Å².